The number of aliphatic imine (C=N–C) groups is 1. The van der Waals surface area contributed by atoms with Gasteiger partial charge in [0.25, 0.3) is 0 Å². The third kappa shape index (κ3) is 3.44. The molecule has 8 rings (SSSR count). The molecule has 3 atom stereocenters. The van der Waals surface area contributed by atoms with Crippen LogP contribution in [0.3, 0.4) is 0 Å². The maximum absolute atomic E-state index is 13.6. The number of hydrogen-bond donors (Lipinski definition) is 2. The quantitative estimate of drug-likeness (QED) is 0.386. The predicted octanol–water partition coefficient (Wildman–Crippen LogP) is 4.62. The molecule has 2 aromatic heterocycles. The van der Waals surface area contributed by atoms with Crippen LogP contribution in [0.15, 0.2) is 53.5 Å². The molecule has 1 saturated carbocycles. The molecule has 1 fully saturated rings. The number of carbonyl (C=O) groups excluding carboxylic acids is 1. The highest BCUT2D eigenvalue weighted by Gasteiger charge is 2.52. The predicted molar refractivity (Wildman–Crippen MR) is 150 cm³/mol. The molecule has 3 aliphatic carbocycles. The summed E-state index contributed by atoms with van der Waals surface area (Å²) >= 11 is 8.47. The molecule has 0 radical (unpaired) electrons. The van der Waals surface area contributed by atoms with Gasteiger partial charge in [0.2, 0.25) is 5.91 Å². The van der Waals surface area contributed by atoms with Crippen LogP contribution in [0.1, 0.15) is 63.2 Å². The molecule has 4 aromatic rings. The molecule has 196 valence electrons. The second-order valence-electron chi connectivity index (χ2n) is 11.1. The number of aliphatic hydroxyl groups excluding tert-OH is 1. The van der Waals surface area contributed by atoms with Crippen LogP contribution in [0.2, 0.25) is 5.02 Å². The Morgan fingerprint density at radius 1 is 1.10 bits per heavy atom. The molecule has 7 nitrogen and oxygen atoms in total. The molecule has 4 aliphatic rings. The Hall–Kier alpha value is -3.33. The van der Waals surface area contributed by atoms with E-state index in [-0.39, 0.29) is 23.4 Å². The first kappa shape index (κ1) is 23.5. The summed E-state index contributed by atoms with van der Waals surface area (Å²) in [7, 11) is 0. The molecular weight excluding hydrogens is 530 g/mol. The van der Waals surface area contributed by atoms with Crippen LogP contribution in [-0.4, -0.2) is 37.6 Å². The molecule has 2 aromatic carbocycles. The second kappa shape index (κ2) is 8.34. The summed E-state index contributed by atoms with van der Waals surface area (Å²) < 4.78 is 2.18. The summed E-state index contributed by atoms with van der Waals surface area (Å²) in [6.45, 7) is 1.99. The first-order valence-corrected chi connectivity index (χ1v) is 14.6. The van der Waals surface area contributed by atoms with E-state index in [4.69, 9.17) is 16.6 Å². The lowest BCUT2D eigenvalue weighted by molar-refractivity contribution is -0.126. The summed E-state index contributed by atoms with van der Waals surface area (Å²) in [4.78, 5) is 20.2. The number of aryl methyl sites for hydroxylation is 1. The van der Waals surface area contributed by atoms with Gasteiger partial charge in [-0.25, -0.2) is 0 Å². The van der Waals surface area contributed by atoms with Gasteiger partial charge in [0.1, 0.15) is 16.4 Å². The van der Waals surface area contributed by atoms with E-state index in [9.17, 15) is 9.90 Å². The molecule has 0 bridgehead atoms. The van der Waals surface area contributed by atoms with Gasteiger partial charge in [-0.3, -0.25) is 14.4 Å². The molecular formula is C30H26ClN5O2S. The fourth-order valence-corrected chi connectivity index (χ4v) is 8.24. The number of halogens is 1. The molecule has 1 spiro atoms. The third-order valence-electron chi connectivity index (χ3n) is 8.69. The average Bonchev–Trinajstić information content (AvgIpc) is 3.17. The molecule has 0 saturated heterocycles. The summed E-state index contributed by atoms with van der Waals surface area (Å²) in [5.74, 6) is 1.52. The van der Waals surface area contributed by atoms with Gasteiger partial charge in [-0.1, -0.05) is 54.1 Å². The number of hydrogen-bond acceptors (Lipinski definition) is 6. The maximum atomic E-state index is 13.6. The van der Waals surface area contributed by atoms with Crippen molar-refractivity contribution in [2.45, 2.75) is 56.7 Å². The minimum atomic E-state index is -0.609. The van der Waals surface area contributed by atoms with Crippen LogP contribution in [0.25, 0.3) is 5.00 Å². The number of nitrogens with zero attached hydrogens (tertiary/aromatic N) is 4. The Morgan fingerprint density at radius 2 is 1.90 bits per heavy atom. The zero-order valence-electron chi connectivity index (χ0n) is 21.3. The van der Waals surface area contributed by atoms with E-state index in [2.05, 4.69) is 20.1 Å². The van der Waals surface area contributed by atoms with Crippen molar-refractivity contribution in [3.8, 4) is 5.00 Å². The number of carbonyl (C=O) groups is 1. The van der Waals surface area contributed by atoms with E-state index in [0.717, 1.165) is 63.0 Å². The molecule has 39 heavy (non-hydrogen) atoms. The summed E-state index contributed by atoms with van der Waals surface area (Å²) in [5.41, 5.74) is 5.73. The van der Waals surface area contributed by atoms with Crippen molar-refractivity contribution >= 4 is 34.6 Å². The highest BCUT2D eigenvalue weighted by Crippen LogP contribution is 2.54. The largest absolute Gasteiger partial charge is 0.390 e. The number of fused-ring (bicyclic) bond motifs is 7. The van der Waals surface area contributed by atoms with Crippen LogP contribution < -0.4 is 5.32 Å². The van der Waals surface area contributed by atoms with Crippen molar-refractivity contribution in [3.63, 3.8) is 0 Å². The number of aliphatic hydroxyl groups is 1. The van der Waals surface area contributed by atoms with Crippen LogP contribution in [-0.2, 0) is 29.6 Å². The van der Waals surface area contributed by atoms with E-state index in [1.54, 1.807) is 11.3 Å². The van der Waals surface area contributed by atoms with Crippen molar-refractivity contribution in [2.24, 2.45) is 10.9 Å². The number of amides is 1. The zero-order valence-corrected chi connectivity index (χ0v) is 22.9. The SMILES string of the molecule is Cc1nnc2n1-c1sc3c(c1C(c1ccccc1Cl)=NC21CC1)C[C@H](C(=O)N[C@@H]1c2ccccc2C[C@@H]1O)C3. The minimum Gasteiger partial charge on any atom is -0.390 e. The van der Waals surface area contributed by atoms with Gasteiger partial charge >= 0.3 is 0 Å². The van der Waals surface area contributed by atoms with E-state index in [0.29, 0.717) is 24.3 Å². The monoisotopic (exact) mass is 555 g/mol. The van der Waals surface area contributed by atoms with Crippen molar-refractivity contribution in [1.29, 1.82) is 0 Å². The van der Waals surface area contributed by atoms with Crippen LogP contribution in [0.4, 0.5) is 0 Å². The Balaban J connectivity index is 1.19. The fraction of sp³-hybridized carbons (Fsp3) is 0.333. The second-order valence-corrected chi connectivity index (χ2v) is 12.6. The Bertz CT molecular complexity index is 1720. The van der Waals surface area contributed by atoms with E-state index >= 15 is 0 Å². The number of aromatic nitrogens is 3. The van der Waals surface area contributed by atoms with Crippen molar-refractivity contribution in [3.05, 3.63) is 97.9 Å². The Morgan fingerprint density at radius 3 is 2.72 bits per heavy atom. The lowest BCUT2D eigenvalue weighted by Gasteiger charge is -2.20. The highest BCUT2D eigenvalue weighted by atomic mass is 35.5. The molecule has 0 unspecified atom stereocenters. The number of rotatable bonds is 3. The number of nitrogens with one attached hydrogen (secondary N) is 1. The minimum absolute atomic E-state index is 0.0161. The third-order valence-corrected chi connectivity index (χ3v) is 10.3. The van der Waals surface area contributed by atoms with Gasteiger partial charge in [-0.05, 0) is 55.4 Å². The van der Waals surface area contributed by atoms with E-state index in [1.807, 2.05) is 55.5 Å². The smallest absolute Gasteiger partial charge is 0.224 e. The van der Waals surface area contributed by atoms with Gasteiger partial charge < -0.3 is 10.4 Å². The Kier molecular flexibility index (Phi) is 5.03. The first-order chi connectivity index (χ1) is 18.9. The van der Waals surface area contributed by atoms with Gasteiger partial charge in [0.05, 0.1) is 17.9 Å². The Labute approximate surface area is 234 Å². The van der Waals surface area contributed by atoms with Crippen LogP contribution in [0.5, 0.6) is 0 Å². The van der Waals surface area contributed by atoms with Gasteiger partial charge in [0.15, 0.2) is 5.82 Å². The van der Waals surface area contributed by atoms with Crippen LogP contribution >= 0.6 is 22.9 Å². The van der Waals surface area contributed by atoms with Crippen molar-refractivity contribution in [1.82, 2.24) is 20.1 Å². The van der Waals surface area contributed by atoms with Crippen molar-refractivity contribution < 1.29 is 9.90 Å². The molecule has 2 N–H and O–H groups in total. The van der Waals surface area contributed by atoms with E-state index in [1.165, 1.54) is 4.88 Å². The normalized spacial score (nSPS) is 23.5. The highest BCUT2D eigenvalue weighted by molar-refractivity contribution is 7.15. The van der Waals surface area contributed by atoms with Crippen LogP contribution in [0, 0.1) is 12.8 Å². The summed E-state index contributed by atoms with van der Waals surface area (Å²) in [6.07, 6.45) is 3.07. The number of benzene rings is 2. The molecule has 9 heteroatoms. The number of thiophene rings is 1. The molecule has 3 heterocycles. The summed E-state index contributed by atoms with van der Waals surface area (Å²) in [5, 5.41) is 24.6. The van der Waals surface area contributed by atoms with E-state index < -0.39 is 6.10 Å². The standard InChI is InChI=1S/C30H26ClN5O2S/c1-15-34-35-29-30(10-11-30)33-26(19-8-4-5-9-21(19)31)24-20-12-17(14-23(20)39-28(24)36(15)29)27(38)32-25-18-7-3-2-6-16(18)13-22(25)37/h2-9,17,22,25,37H,10-14H2,1H3,(H,32,38)/t17-,22-,25+/m0/s1. The fourth-order valence-electron chi connectivity index (χ4n) is 6.56. The average molecular weight is 556 g/mol. The zero-order chi connectivity index (χ0) is 26.5. The maximum Gasteiger partial charge on any atom is 0.224 e. The molecule has 1 aliphatic heterocycles. The topological polar surface area (TPSA) is 92.4 Å². The van der Waals surface area contributed by atoms with Gasteiger partial charge in [-0.2, -0.15) is 0 Å². The summed E-state index contributed by atoms with van der Waals surface area (Å²) in [6, 6.07) is 15.5. The van der Waals surface area contributed by atoms with Gasteiger partial charge in [-0.15, -0.1) is 21.5 Å². The first-order valence-electron chi connectivity index (χ1n) is 13.4. The lowest BCUT2D eigenvalue weighted by atomic mass is 9.97. The lowest BCUT2D eigenvalue weighted by Crippen LogP contribution is -2.38. The van der Waals surface area contributed by atoms with Crippen molar-refractivity contribution in [2.75, 3.05) is 0 Å². The molecule has 1 amide bonds. The van der Waals surface area contributed by atoms with Gasteiger partial charge in [0, 0.05) is 33.4 Å².